The number of likely N-dealkylation sites (N-methyl/N-ethyl adjacent to an activating group) is 1. The standard InChI is InChI=1S/C15H22N4/c1-3-17-15(9-13-5-4-8-16-10-13)7-6-14-11-18-19(2)12-14/h4-5,8,10-12,15,17H,3,6-7,9H2,1-2H3. The van der Waals surface area contributed by atoms with Gasteiger partial charge in [-0.15, -0.1) is 0 Å². The Bertz CT molecular complexity index is 478. The molecule has 0 bridgehead atoms. The van der Waals surface area contributed by atoms with E-state index in [1.165, 1.54) is 11.1 Å². The number of rotatable bonds is 7. The minimum Gasteiger partial charge on any atom is -0.314 e. The zero-order valence-electron chi connectivity index (χ0n) is 11.7. The second-order valence-electron chi connectivity index (χ2n) is 4.88. The lowest BCUT2D eigenvalue weighted by atomic mass is 10.0. The van der Waals surface area contributed by atoms with Crippen molar-refractivity contribution in [3.8, 4) is 0 Å². The lowest BCUT2D eigenvalue weighted by Gasteiger charge is -2.17. The summed E-state index contributed by atoms with van der Waals surface area (Å²) in [4.78, 5) is 4.18. The van der Waals surface area contributed by atoms with Crippen molar-refractivity contribution in [3.05, 3.63) is 48.0 Å². The predicted octanol–water partition coefficient (Wildman–Crippen LogP) is 1.97. The largest absolute Gasteiger partial charge is 0.314 e. The van der Waals surface area contributed by atoms with Gasteiger partial charge in [0.2, 0.25) is 0 Å². The first-order valence-electron chi connectivity index (χ1n) is 6.87. The highest BCUT2D eigenvalue weighted by molar-refractivity contribution is 5.11. The lowest BCUT2D eigenvalue weighted by molar-refractivity contribution is 0.490. The Balaban J connectivity index is 1.89. The Morgan fingerprint density at radius 1 is 1.32 bits per heavy atom. The van der Waals surface area contributed by atoms with Crippen LogP contribution in [0.25, 0.3) is 0 Å². The van der Waals surface area contributed by atoms with Gasteiger partial charge in [-0.05, 0) is 43.0 Å². The van der Waals surface area contributed by atoms with Crippen LogP contribution in [0.4, 0.5) is 0 Å². The normalized spacial score (nSPS) is 12.5. The summed E-state index contributed by atoms with van der Waals surface area (Å²) in [5.41, 5.74) is 2.59. The fraction of sp³-hybridized carbons (Fsp3) is 0.467. The van der Waals surface area contributed by atoms with E-state index in [4.69, 9.17) is 0 Å². The number of nitrogens with one attached hydrogen (secondary N) is 1. The van der Waals surface area contributed by atoms with Gasteiger partial charge in [0.15, 0.2) is 0 Å². The highest BCUT2D eigenvalue weighted by atomic mass is 15.2. The molecule has 0 spiro atoms. The maximum Gasteiger partial charge on any atom is 0.0521 e. The van der Waals surface area contributed by atoms with E-state index in [1.807, 2.05) is 36.4 Å². The Morgan fingerprint density at radius 2 is 2.21 bits per heavy atom. The average Bonchev–Trinajstić information content (AvgIpc) is 2.83. The van der Waals surface area contributed by atoms with Crippen molar-refractivity contribution in [1.29, 1.82) is 0 Å². The molecule has 0 aliphatic carbocycles. The van der Waals surface area contributed by atoms with E-state index < -0.39 is 0 Å². The first-order valence-corrected chi connectivity index (χ1v) is 6.87. The summed E-state index contributed by atoms with van der Waals surface area (Å²) in [5.74, 6) is 0. The first kappa shape index (κ1) is 13.7. The number of hydrogen-bond donors (Lipinski definition) is 1. The smallest absolute Gasteiger partial charge is 0.0521 e. The maximum atomic E-state index is 4.21. The van der Waals surface area contributed by atoms with Crippen LogP contribution < -0.4 is 5.32 Å². The SMILES string of the molecule is CCNC(CCc1cnn(C)c1)Cc1cccnc1. The molecule has 2 heterocycles. The third kappa shape index (κ3) is 4.48. The second-order valence-corrected chi connectivity index (χ2v) is 4.88. The van der Waals surface area contributed by atoms with Crippen LogP contribution in [0.5, 0.6) is 0 Å². The highest BCUT2D eigenvalue weighted by Gasteiger charge is 2.09. The van der Waals surface area contributed by atoms with Gasteiger partial charge in [0.1, 0.15) is 0 Å². The molecule has 0 radical (unpaired) electrons. The molecule has 1 N–H and O–H groups in total. The molecule has 4 nitrogen and oxygen atoms in total. The van der Waals surface area contributed by atoms with Crippen LogP contribution in [-0.4, -0.2) is 27.4 Å². The van der Waals surface area contributed by atoms with Gasteiger partial charge in [0.05, 0.1) is 6.20 Å². The topological polar surface area (TPSA) is 42.7 Å². The average molecular weight is 258 g/mol. The molecule has 1 unspecified atom stereocenters. The van der Waals surface area contributed by atoms with E-state index in [9.17, 15) is 0 Å². The van der Waals surface area contributed by atoms with Gasteiger partial charge in [0, 0.05) is 31.7 Å². The molecule has 1 atom stereocenters. The predicted molar refractivity (Wildman–Crippen MR) is 76.9 cm³/mol. The summed E-state index contributed by atoms with van der Waals surface area (Å²) in [5, 5.41) is 7.76. The molecular formula is C15H22N4. The summed E-state index contributed by atoms with van der Waals surface area (Å²) in [6.07, 6.45) is 11.0. The Kier molecular flexibility index (Phi) is 5.10. The van der Waals surface area contributed by atoms with Crippen LogP contribution in [0.3, 0.4) is 0 Å². The zero-order chi connectivity index (χ0) is 13.5. The van der Waals surface area contributed by atoms with Gasteiger partial charge >= 0.3 is 0 Å². The van der Waals surface area contributed by atoms with Gasteiger partial charge in [-0.1, -0.05) is 13.0 Å². The van der Waals surface area contributed by atoms with Crippen LogP contribution in [-0.2, 0) is 19.9 Å². The summed E-state index contributed by atoms with van der Waals surface area (Å²) in [6.45, 7) is 3.15. The van der Waals surface area contributed by atoms with Crippen molar-refractivity contribution in [2.45, 2.75) is 32.2 Å². The molecule has 0 aliphatic rings. The summed E-state index contributed by atoms with van der Waals surface area (Å²) < 4.78 is 1.86. The molecule has 0 aliphatic heterocycles. The first-order chi connectivity index (χ1) is 9.28. The lowest BCUT2D eigenvalue weighted by Crippen LogP contribution is -2.31. The molecule has 2 rings (SSSR count). The molecule has 0 fully saturated rings. The minimum absolute atomic E-state index is 0.495. The monoisotopic (exact) mass is 258 g/mol. The minimum atomic E-state index is 0.495. The molecule has 4 heteroatoms. The fourth-order valence-electron chi connectivity index (χ4n) is 2.31. The second kappa shape index (κ2) is 7.04. The van der Waals surface area contributed by atoms with Crippen LogP contribution in [0, 0.1) is 0 Å². The van der Waals surface area contributed by atoms with Gasteiger partial charge in [-0.25, -0.2) is 0 Å². The Hall–Kier alpha value is -1.68. The number of aromatic nitrogens is 3. The van der Waals surface area contributed by atoms with Crippen molar-refractivity contribution in [2.75, 3.05) is 6.54 Å². The third-order valence-electron chi connectivity index (χ3n) is 3.24. The number of hydrogen-bond acceptors (Lipinski definition) is 3. The van der Waals surface area contributed by atoms with E-state index in [0.717, 1.165) is 25.8 Å². The van der Waals surface area contributed by atoms with Gasteiger partial charge in [-0.3, -0.25) is 9.67 Å². The number of aryl methyl sites for hydroxylation is 2. The van der Waals surface area contributed by atoms with Crippen molar-refractivity contribution >= 4 is 0 Å². The Labute approximate surface area is 114 Å². The molecule has 0 amide bonds. The van der Waals surface area contributed by atoms with Crippen molar-refractivity contribution < 1.29 is 0 Å². The zero-order valence-corrected chi connectivity index (χ0v) is 11.7. The van der Waals surface area contributed by atoms with Crippen LogP contribution in [0.2, 0.25) is 0 Å². The van der Waals surface area contributed by atoms with Crippen molar-refractivity contribution in [3.63, 3.8) is 0 Å². The highest BCUT2D eigenvalue weighted by Crippen LogP contribution is 2.09. The van der Waals surface area contributed by atoms with Gasteiger partial charge < -0.3 is 5.32 Å². The molecular weight excluding hydrogens is 236 g/mol. The summed E-state index contributed by atoms with van der Waals surface area (Å²) in [6, 6.07) is 4.63. The molecule has 102 valence electrons. The van der Waals surface area contributed by atoms with Crippen molar-refractivity contribution in [1.82, 2.24) is 20.1 Å². The Morgan fingerprint density at radius 3 is 2.84 bits per heavy atom. The molecule has 0 aromatic carbocycles. The van der Waals surface area contributed by atoms with E-state index >= 15 is 0 Å². The van der Waals surface area contributed by atoms with Gasteiger partial charge in [0.25, 0.3) is 0 Å². The van der Waals surface area contributed by atoms with Crippen LogP contribution >= 0.6 is 0 Å². The maximum absolute atomic E-state index is 4.21. The van der Waals surface area contributed by atoms with E-state index in [0.29, 0.717) is 6.04 Å². The molecule has 0 saturated heterocycles. The molecule has 19 heavy (non-hydrogen) atoms. The number of nitrogens with zero attached hydrogens (tertiary/aromatic N) is 3. The van der Waals surface area contributed by atoms with Crippen molar-refractivity contribution in [2.24, 2.45) is 7.05 Å². The molecule has 0 saturated carbocycles. The van der Waals surface area contributed by atoms with Crippen LogP contribution in [0.15, 0.2) is 36.9 Å². The van der Waals surface area contributed by atoms with Gasteiger partial charge in [-0.2, -0.15) is 5.10 Å². The third-order valence-corrected chi connectivity index (χ3v) is 3.24. The van der Waals surface area contributed by atoms with E-state index in [2.05, 4.69) is 34.6 Å². The number of pyridine rings is 1. The van der Waals surface area contributed by atoms with E-state index in [1.54, 1.807) is 0 Å². The van der Waals surface area contributed by atoms with E-state index in [-0.39, 0.29) is 0 Å². The summed E-state index contributed by atoms with van der Waals surface area (Å²) >= 11 is 0. The molecule has 2 aromatic rings. The fourth-order valence-corrected chi connectivity index (χ4v) is 2.31. The quantitative estimate of drug-likeness (QED) is 0.825. The molecule has 2 aromatic heterocycles. The van der Waals surface area contributed by atoms with Crippen LogP contribution in [0.1, 0.15) is 24.5 Å². The summed E-state index contributed by atoms with van der Waals surface area (Å²) in [7, 11) is 1.96.